The smallest absolute Gasteiger partial charge is 0.248 e. The normalized spacial score (nSPS) is 27.1. The van der Waals surface area contributed by atoms with Crippen LogP contribution in [0.15, 0.2) is 12.1 Å². The van der Waals surface area contributed by atoms with Crippen molar-refractivity contribution in [3.63, 3.8) is 0 Å². The van der Waals surface area contributed by atoms with Crippen molar-refractivity contribution in [2.45, 2.75) is 38.8 Å². The summed E-state index contributed by atoms with van der Waals surface area (Å²) in [4.78, 5) is 18.7. The molecule has 3 heterocycles. The summed E-state index contributed by atoms with van der Waals surface area (Å²) in [5.74, 6) is 0.0198. The molecule has 0 radical (unpaired) electrons. The molecule has 0 aliphatic carbocycles. The number of fused-ring (bicyclic) bond motifs is 1. The Balaban J connectivity index is 1.62. The van der Waals surface area contributed by atoms with Gasteiger partial charge >= 0.3 is 0 Å². The number of carbonyl (C=O) groups excluding carboxylic acids is 1. The third-order valence-electron chi connectivity index (χ3n) is 5.36. The molecule has 0 N–H and O–H groups in total. The van der Waals surface area contributed by atoms with Crippen molar-refractivity contribution >= 4 is 17.2 Å². The molecule has 140 valence electrons. The van der Waals surface area contributed by atoms with Crippen LogP contribution < -0.4 is 0 Å². The number of hydrogen-bond donors (Lipinski definition) is 0. The first-order valence-corrected chi connectivity index (χ1v) is 9.97. The first kappa shape index (κ1) is 18.8. The molecule has 2 aliphatic rings. The van der Waals surface area contributed by atoms with Gasteiger partial charge in [0.05, 0.1) is 12.7 Å². The number of ether oxygens (including phenoxy) is 2. The van der Waals surface area contributed by atoms with Crippen LogP contribution in [-0.4, -0.2) is 68.8 Å². The summed E-state index contributed by atoms with van der Waals surface area (Å²) in [6.07, 6.45) is 3.51. The van der Waals surface area contributed by atoms with Gasteiger partial charge in [-0.05, 0) is 38.3 Å². The number of aryl methyl sites for hydroxylation is 1. The number of carbonyl (C=O) groups is 1. The SMILES string of the molecule is Cc1ccc(CN2CC[C@H]3OCCC[C@]3(COCC(=O)N(C)C)C2)s1. The summed E-state index contributed by atoms with van der Waals surface area (Å²) in [7, 11) is 3.53. The fourth-order valence-corrected chi connectivity index (χ4v) is 4.92. The second-order valence-corrected chi connectivity index (χ2v) is 8.99. The molecule has 1 aromatic heterocycles. The van der Waals surface area contributed by atoms with Crippen molar-refractivity contribution in [1.29, 1.82) is 0 Å². The van der Waals surface area contributed by atoms with Crippen molar-refractivity contribution in [2.24, 2.45) is 5.41 Å². The number of likely N-dealkylation sites (N-methyl/N-ethyl adjacent to an activating group) is 1. The first-order chi connectivity index (χ1) is 12.0. The zero-order chi connectivity index (χ0) is 17.9. The Morgan fingerprint density at radius 2 is 2.32 bits per heavy atom. The molecule has 0 bridgehead atoms. The quantitative estimate of drug-likeness (QED) is 0.776. The lowest BCUT2D eigenvalue weighted by atomic mass is 9.73. The summed E-state index contributed by atoms with van der Waals surface area (Å²) in [5, 5.41) is 0. The summed E-state index contributed by atoms with van der Waals surface area (Å²) in [6.45, 7) is 6.84. The first-order valence-electron chi connectivity index (χ1n) is 9.16. The lowest BCUT2D eigenvalue weighted by molar-refractivity contribution is -0.160. The maximum atomic E-state index is 11.8. The molecule has 0 spiro atoms. The summed E-state index contributed by atoms with van der Waals surface area (Å²) in [5.41, 5.74) is 0.0232. The Kier molecular flexibility index (Phi) is 6.15. The maximum absolute atomic E-state index is 11.8. The minimum absolute atomic E-state index is 0.0198. The highest BCUT2D eigenvalue weighted by Crippen LogP contribution is 2.41. The van der Waals surface area contributed by atoms with E-state index >= 15 is 0 Å². The minimum atomic E-state index is 0.0198. The molecule has 5 nitrogen and oxygen atoms in total. The largest absolute Gasteiger partial charge is 0.377 e. The highest BCUT2D eigenvalue weighted by atomic mass is 32.1. The van der Waals surface area contributed by atoms with Crippen LogP contribution in [0.25, 0.3) is 0 Å². The Morgan fingerprint density at radius 1 is 1.48 bits per heavy atom. The van der Waals surface area contributed by atoms with Crippen molar-refractivity contribution < 1.29 is 14.3 Å². The molecule has 0 aromatic carbocycles. The standard InChI is InChI=1S/C19H30N2O3S/c1-15-5-6-16(25-15)11-21-9-7-17-19(13-21,8-4-10-24-17)14-23-12-18(22)20(2)3/h5-6,17H,4,7-14H2,1-3H3/t17-,19-/m1/s1. The monoisotopic (exact) mass is 366 g/mol. The average molecular weight is 367 g/mol. The lowest BCUT2D eigenvalue weighted by Crippen LogP contribution is -2.56. The molecule has 3 rings (SSSR count). The molecule has 6 heteroatoms. The molecule has 1 aromatic rings. The van der Waals surface area contributed by atoms with E-state index in [1.165, 1.54) is 9.75 Å². The van der Waals surface area contributed by atoms with Crippen LogP contribution in [0.2, 0.25) is 0 Å². The van der Waals surface area contributed by atoms with Gasteiger partial charge < -0.3 is 14.4 Å². The molecule has 25 heavy (non-hydrogen) atoms. The summed E-state index contributed by atoms with van der Waals surface area (Å²) >= 11 is 1.88. The third kappa shape index (κ3) is 4.61. The molecule has 2 saturated heterocycles. The Labute approximate surface area is 154 Å². The zero-order valence-corrected chi connectivity index (χ0v) is 16.4. The van der Waals surface area contributed by atoms with Crippen LogP contribution in [0, 0.1) is 12.3 Å². The van der Waals surface area contributed by atoms with Gasteiger partial charge in [-0.25, -0.2) is 0 Å². The van der Waals surface area contributed by atoms with Crippen LogP contribution in [0.4, 0.5) is 0 Å². The fraction of sp³-hybridized carbons (Fsp3) is 0.737. The van der Waals surface area contributed by atoms with E-state index in [0.29, 0.717) is 6.61 Å². The van der Waals surface area contributed by atoms with E-state index in [1.54, 1.807) is 19.0 Å². The van der Waals surface area contributed by atoms with Crippen molar-refractivity contribution in [3.05, 3.63) is 21.9 Å². The zero-order valence-electron chi connectivity index (χ0n) is 15.6. The summed E-state index contributed by atoms with van der Waals surface area (Å²) < 4.78 is 12.0. The Morgan fingerprint density at radius 3 is 3.04 bits per heavy atom. The van der Waals surface area contributed by atoms with E-state index in [0.717, 1.165) is 45.5 Å². The second kappa shape index (κ2) is 8.16. The van der Waals surface area contributed by atoms with E-state index in [4.69, 9.17) is 9.47 Å². The Bertz CT molecular complexity index is 589. The van der Waals surface area contributed by atoms with Gasteiger partial charge in [0.2, 0.25) is 5.91 Å². The van der Waals surface area contributed by atoms with Crippen LogP contribution >= 0.6 is 11.3 Å². The van der Waals surface area contributed by atoms with Crippen LogP contribution in [0.1, 0.15) is 29.0 Å². The highest BCUT2D eigenvalue weighted by Gasteiger charge is 2.46. The molecule has 2 atom stereocenters. The number of likely N-dealkylation sites (tertiary alicyclic amines) is 1. The van der Waals surface area contributed by atoms with E-state index in [-0.39, 0.29) is 24.0 Å². The van der Waals surface area contributed by atoms with Crippen LogP contribution in [0.3, 0.4) is 0 Å². The van der Waals surface area contributed by atoms with E-state index in [2.05, 4.69) is 24.0 Å². The van der Waals surface area contributed by atoms with Gasteiger partial charge in [0.1, 0.15) is 6.61 Å². The van der Waals surface area contributed by atoms with Gasteiger partial charge in [-0.1, -0.05) is 0 Å². The maximum Gasteiger partial charge on any atom is 0.248 e. The molecule has 0 saturated carbocycles. The number of amides is 1. The average Bonchev–Trinajstić information content (AvgIpc) is 2.99. The topological polar surface area (TPSA) is 42.0 Å². The predicted molar refractivity (Wildman–Crippen MR) is 99.9 cm³/mol. The van der Waals surface area contributed by atoms with E-state index < -0.39 is 0 Å². The van der Waals surface area contributed by atoms with Crippen molar-refractivity contribution in [3.8, 4) is 0 Å². The number of piperidine rings is 1. The molecule has 0 unspecified atom stereocenters. The van der Waals surface area contributed by atoms with Gasteiger partial charge in [-0.2, -0.15) is 0 Å². The van der Waals surface area contributed by atoms with Crippen LogP contribution in [-0.2, 0) is 20.8 Å². The second-order valence-electron chi connectivity index (χ2n) is 7.62. The number of rotatable bonds is 6. The predicted octanol–water partition coefficient (Wildman–Crippen LogP) is 2.53. The van der Waals surface area contributed by atoms with Crippen molar-refractivity contribution in [2.75, 3.05) is 47.0 Å². The number of thiophene rings is 1. The van der Waals surface area contributed by atoms with Gasteiger partial charge in [0.15, 0.2) is 0 Å². The molecular weight excluding hydrogens is 336 g/mol. The van der Waals surface area contributed by atoms with Gasteiger partial charge in [-0.15, -0.1) is 11.3 Å². The van der Waals surface area contributed by atoms with Gasteiger partial charge in [0, 0.05) is 55.5 Å². The fourth-order valence-electron chi connectivity index (χ4n) is 3.99. The highest BCUT2D eigenvalue weighted by molar-refractivity contribution is 7.11. The minimum Gasteiger partial charge on any atom is -0.377 e. The third-order valence-corrected chi connectivity index (χ3v) is 6.34. The summed E-state index contributed by atoms with van der Waals surface area (Å²) in [6, 6.07) is 4.44. The molecule has 2 aliphatic heterocycles. The van der Waals surface area contributed by atoms with Gasteiger partial charge in [-0.3, -0.25) is 9.69 Å². The lowest BCUT2D eigenvalue weighted by Gasteiger charge is -2.50. The van der Waals surface area contributed by atoms with Crippen molar-refractivity contribution in [1.82, 2.24) is 9.80 Å². The number of hydrogen-bond acceptors (Lipinski definition) is 5. The Hall–Kier alpha value is -0.950. The number of nitrogens with zero attached hydrogens (tertiary/aromatic N) is 2. The molecule has 2 fully saturated rings. The van der Waals surface area contributed by atoms with E-state index in [9.17, 15) is 4.79 Å². The van der Waals surface area contributed by atoms with Gasteiger partial charge in [0.25, 0.3) is 0 Å². The van der Waals surface area contributed by atoms with Crippen LogP contribution in [0.5, 0.6) is 0 Å². The molecule has 1 amide bonds. The van der Waals surface area contributed by atoms with E-state index in [1.807, 2.05) is 11.3 Å². The molecular formula is C19H30N2O3S.